The summed E-state index contributed by atoms with van der Waals surface area (Å²) in [5, 5.41) is 12.0. The Morgan fingerprint density at radius 1 is 1.41 bits per heavy atom. The minimum Gasteiger partial charge on any atom is -0.465 e. The van der Waals surface area contributed by atoms with Gasteiger partial charge in [-0.2, -0.15) is 0 Å². The van der Waals surface area contributed by atoms with Crippen molar-refractivity contribution in [2.75, 3.05) is 7.11 Å². The van der Waals surface area contributed by atoms with Crippen molar-refractivity contribution in [3.8, 4) is 0 Å². The van der Waals surface area contributed by atoms with Crippen molar-refractivity contribution in [2.45, 2.75) is 32.1 Å². The number of nitrogens with zero attached hydrogens (tertiary/aromatic N) is 2. The monoisotopic (exact) mass is 232 g/mol. The first-order chi connectivity index (χ1) is 8.26. The van der Waals surface area contributed by atoms with Crippen molar-refractivity contribution in [1.82, 2.24) is 0 Å². The van der Waals surface area contributed by atoms with Gasteiger partial charge in [-0.3, -0.25) is 0 Å². The lowest BCUT2D eigenvalue weighted by Gasteiger charge is -2.08. The standard InChI is InChI=1S/C13H16O2.N2/c1-3-9-8-11(10-4-5-10)6-7-12(9)13(14)15-2;1-2/h6-8,10H,3-5H2,1-2H3;. The Labute approximate surface area is 101 Å². The Bertz CT molecular complexity index is 423. The first-order valence-electron chi connectivity index (χ1n) is 5.67. The smallest absolute Gasteiger partial charge is 0.338 e. The Morgan fingerprint density at radius 3 is 2.53 bits per heavy atom. The molecule has 0 N–H and O–H groups in total. The van der Waals surface area contributed by atoms with Crippen LogP contribution in [0.2, 0.25) is 0 Å². The van der Waals surface area contributed by atoms with Gasteiger partial charge in [0.05, 0.1) is 12.7 Å². The van der Waals surface area contributed by atoms with Crippen molar-refractivity contribution in [3.63, 3.8) is 0 Å². The Morgan fingerprint density at radius 2 is 2.06 bits per heavy atom. The zero-order valence-corrected chi connectivity index (χ0v) is 10.1. The predicted octanol–water partition coefficient (Wildman–Crippen LogP) is 2.94. The average Bonchev–Trinajstić information content (AvgIpc) is 3.23. The van der Waals surface area contributed by atoms with Gasteiger partial charge in [0.15, 0.2) is 0 Å². The second kappa shape index (κ2) is 6.00. The first kappa shape index (κ1) is 13.2. The van der Waals surface area contributed by atoms with E-state index in [9.17, 15) is 4.79 Å². The molecule has 90 valence electrons. The fraction of sp³-hybridized carbons (Fsp3) is 0.462. The molecule has 1 aliphatic carbocycles. The molecule has 0 bridgehead atoms. The van der Waals surface area contributed by atoms with Crippen LogP contribution in [0, 0.1) is 10.8 Å². The summed E-state index contributed by atoms with van der Waals surface area (Å²) in [4.78, 5) is 11.5. The molecule has 1 aromatic rings. The number of carbonyl (C=O) groups is 1. The largest absolute Gasteiger partial charge is 0.465 e. The highest BCUT2D eigenvalue weighted by atomic mass is 16.5. The zero-order valence-electron chi connectivity index (χ0n) is 10.1. The summed E-state index contributed by atoms with van der Waals surface area (Å²) in [6, 6.07) is 6.12. The third kappa shape index (κ3) is 3.04. The SMILES string of the molecule is CCc1cc(C2CC2)ccc1C(=O)OC.N#N. The van der Waals surface area contributed by atoms with Crippen LogP contribution in [0.4, 0.5) is 0 Å². The van der Waals surface area contributed by atoms with E-state index in [2.05, 4.69) is 19.1 Å². The highest BCUT2D eigenvalue weighted by Gasteiger charge is 2.24. The van der Waals surface area contributed by atoms with Crippen LogP contribution >= 0.6 is 0 Å². The van der Waals surface area contributed by atoms with E-state index in [1.54, 1.807) is 0 Å². The number of hydrogen-bond donors (Lipinski definition) is 0. The van der Waals surface area contributed by atoms with Gasteiger partial charge in [-0.25, -0.2) is 4.79 Å². The summed E-state index contributed by atoms with van der Waals surface area (Å²) in [5.74, 6) is 0.510. The number of hydrogen-bond acceptors (Lipinski definition) is 4. The van der Waals surface area contributed by atoms with Gasteiger partial charge < -0.3 is 4.74 Å². The van der Waals surface area contributed by atoms with Crippen LogP contribution in [0.15, 0.2) is 18.2 Å². The zero-order chi connectivity index (χ0) is 12.8. The molecule has 1 aromatic carbocycles. The van der Waals surface area contributed by atoms with Crippen LogP contribution in [0.25, 0.3) is 0 Å². The van der Waals surface area contributed by atoms with Crippen LogP contribution in [0.5, 0.6) is 0 Å². The lowest BCUT2D eigenvalue weighted by atomic mass is 10.00. The number of esters is 1. The molecule has 2 rings (SSSR count). The van der Waals surface area contributed by atoms with E-state index in [-0.39, 0.29) is 5.97 Å². The molecule has 0 spiro atoms. The first-order valence-corrected chi connectivity index (χ1v) is 5.67. The predicted molar refractivity (Wildman–Crippen MR) is 62.6 cm³/mol. The van der Waals surface area contributed by atoms with Crippen LogP contribution in [0.1, 0.15) is 47.2 Å². The second-order valence-electron chi connectivity index (χ2n) is 4.04. The highest BCUT2D eigenvalue weighted by Crippen LogP contribution is 2.40. The number of benzene rings is 1. The molecule has 0 unspecified atom stereocenters. The second-order valence-corrected chi connectivity index (χ2v) is 4.04. The Kier molecular flexibility index (Phi) is 4.65. The number of methoxy groups -OCH3 is 1. The maximum Gasteiger partial charge on any atom is 0.338 e. The van der Waals surface area contributed by atoms with E-state index < -0.39 is 0 Å². The summed E-state index contributed by atoms with van der Waals surface area (Å²) in [5.41, 5.74) is 3.19. The lowest BCUT2D eigenvalue weighted by molar-refractivity contribution is 0.0599. The van der Waals surface area contributed by atoms with E-state index in [1.807, 2.05) is 6.07 Å². The normalized spacial score (nSPS) is 13.4. The Balaban J connectivity index is 0.000000686. The molecule has 0 aliphatic heterocycles. The molecule has 0 radical (unpaired) electrons. The van der Waals surface area contributed by atoms with Gasteiger partial charge in [0.2, 0.25) is 0 Å². The van der Waals surface area contributed by atoms with Crippen molar-refractivity contribution in [3.05, 3.63) is 34.9 Å². The average molecular weight is 232 g/mol. The summed E-state index contributed by atoms with van der Waals surface area (Å²) in [6.45, 7) is 2.07. The van der Waals surface area contributed by atoms with Gasteiger partial charge in [0.25, 0.3) is 0 Å². The number of carbonyl (C=O) groups excluding carboxylic acids is 1. The molecule has 4 heteroatoms. The molecule has 0 aromatic heterocycles. The molecule has 0 saturated heterocycles. The third-order valence-electron chi connectivity index (χ3n) is 2.96. The van der Waals surface area contributed by atoms with Gasteiger partial charge in [-0.1, -0.05) is 19.1 Å². The van der Waals surface area contributed by atoms with E-state index in [0.717, 1.165) is 17.9 Å². The maximum absolute atomic E-state index is 11.5. The molecule has 0 heterocycles. The number of aryl methyl sites for hydroxylation is 1. The summed E-state index contributed by atoms with van der Waals surface area (Å²) < 4.78 is 4.76. The summed E-state index contributed by atoms with van der Waals surface area (Å²) in [6.07, 6.45) is 3.46. The molecule has 0 atom stereocenters. The van der Waals surface area contributed by atoms with Crippen LogP contribution < -0.4 is 0 Å². The van der Waals surface area contributed by atoms with E-state index in [1.165, 1.54) is 25.5 Å². The van der Waals surface area contributed by atoms with Crippen molar-refractivity contribution >= 4 is 5.97 Å². The van der Waals surface area contributed by atoms with Crippen molar-refractivity contribution in [1.29, 1.82) is 10.8 Å². The molecular formula is C13H16N2O2. The molecule has 4 nitrogen and oxygen atoms in total. The quantitative estimate of drug-likeness (QED) is 0.593. The van der Waals surface area contributed by atoms with Gasteiger partial charge in [0, 0.05) is 10.8 Å². The summed E-state index contributed by atoms with van der Waals surface area (Å²) >= 11 is 0. The molecule has 1 saturated carbocycles. The fourth-order valence-electron chi connectivity index (χ4n) is 1.89. The Hall–Kier alpha value is -1.89. The van der Waals surface area contributed by atoms with Gasteiger partial charge >= 0.3 is 5.97 Å². The number of ether oxygens (including phenoxy) is 1. The molecule has 17 heavy (non-hydrogen) atoms. The summed E-state index contributed by atoms with van der Waals surface area (Å²) in [7, 11) is 1.43. The maximum atomic E-state index is 11.5. The third-order valence-corrected chi connectivity index (χ3v) is 2.96. The minimum absolute atomic E-state index is 0.228. The molecular weight excluding hydrogens is 216 g/mol. The van der Waals surface area contributed by atoms with Gasteiger partial charge in [0.1, 0.15) is 0 Å². The van der Waals surface area contributed by atoms with Crippen LogP contribution in [0.3, 0.4) is 0 Å². The van der Waals surface area contributed by atoms with E-state index in [4.69, 9.17) is 15.5 Å². The van der Waals surface area contributed by atoms with Gasteiger partial charge in [-0.15, -0.1) is 0 Å². The van der Waals surface area contributed by atoms with E-state index in [0.29, 0.717) is 5.56 Å². The number of rotatable bonds is 3. The van der Waals surface area contributed by atoms with E-state index >= 15 is 0 Å². The lowest BCUT2D eigenvalue weighted by Crippen LogP contribution is -2.05. The molecule has 1 fully saturated rings. The van der Waals surface area contributed by atoms with Gasteiger partial charge in [-0.05, 0) is 42.4 Å². The van der Waals surface area contributed by atoms with Crippen molar-refractivity contribution in [2.24, 2.45) is 0 Å². The highest BCUT2D eigenvalue weighted by molar-refractivity contribution is 5.91. The minimum atomic E-state index is -0.228. The molecule has 0 amide bonds. The topological polar surface area (TPSA) is 73.9 Å². The fourth-order valence-corrected chi connectivity index (χ4v) is 1.89. The van der Waals surface area contributed by atoms with Crippen LogP contribution in [-0.4, -0.2) is 13.1 Å². The molecule has 1 aliphatic rings. The van der Waals surface area contributed by atoms with Crippen molar-refractivity contribution < 1.29 is 9.53 Å². The van der Waals surface area contributed by atoms with Crippen LogP contribution in [-0.2, 0) is 11.2 Å².